The lowest BCUT2D eigenvalue weighted by molar-refractivity contribution is 0.271. The maximum atomic E-state index is 9.47. The van der Waals surface area contributed by atoms with E-state index in [4.69, 9.17) is 0 Å². The van der Waals surface area contributed by atoms with Gasteiger partial charge in [0.25, 0.3) is 0 Å². The van der Waals surface area contributed by atoms with Crippen LogP contribution >= 0.6 is 0 Å². The summed E-state index contributed by atoms with van der Waals surface area (Å²) >= 11 is 0. The summed E-state index contributed by atoms with van der Waals surface area (Å²) in [5, 5.41) is 9.47. The summed E-state index contributed by atoms with van der Waals surface area (Å²) in [5.74, 6) is 1.37. The Labute approximate surface area is 102 Å². The lowest BCUT2D eigenvalue weighted by atomic mass is 10.0. The highest BCUT2D eigenvalue weighted by Crippen LogP contribution is 2.59. The normalized spacial score (nSPS) is 26.8. The minimum Gasteiger partial charge on any atom is -0.396 e. The van der Waals surface area contributed by atoms with Crippen LogP contribution in [0.25, 0.3) is 0 Å². The van der Waals surface area contributed by atoms with Gasteiger partial charge in [0.15, 0.2) is 0 Å². The molecule has 1 aliphatic carbocycles. The molecule has 0 heterocycles. The van der Waals surface area contributed by atoms with E-state index in [2.05, 4.69) is 48.5 Å². The molecule has 1 N–H and O–H groups in total. The van der Waals surface area contributed by atoms with Crippen molar-refractivity contribution in [1.29, 1.82) is 0 Å². The number of aliphatic hydroxyl groups excluding tert-OH is 1. The highest BCUT2D eigenvalue weighted by Gasteiger charge is 2.50. The molecule has 0 saturated heterocycles. The standard InChI is InChI=1S/C16H16O/c17-11-14-15(12-7-3-1-4-8-12)16(14)13-9-5-2-6-10-13/h1-10,14-17H,11H2/t15-,16-/m1/s1. The molecule has 0 spiro atoms. The third kappa shape index (κ3) is 1.87. The predicted molar refractivity (Wildman–Crippen MR) is 68.9 cm³/mol. The van der Waals surface area contributed by atoms with Crippen LogP contribution in [0.5, 0.6) is 0 Å². The van der Waals surface area contributed by atoms with Crippen molar-refractivity contribution >= 4 is 0 Å². The number of hydrogen-bond acceptors (Lipinski definition) is 1. The monoisotopic (exact) mass is 224 g/mol. The molecule has 0 bridgehead atoms. The summed E-state index contributed by atoms with van der Waals surface area (Å²) in [4.78, 5) is 0. The van der Waals surface area contributed by atoms with E-state index in [1.165, 1.54) is 11.1 Å². The summed E-state index contributed by atoms with van der Waals surface area (Å²) < 4.78 is 0. The molecule has 0 unspecified atom stereocenters. The van der Waals surface area contributed by atoms with Crippen molar-refractivity contribution in [2.75, 3.05) is 6.61 Å². The van der Waals surface area contributed by atoms with E-state index in [0.717, 1.165) is 0 Å². The summed E-state index contributed by atoms with van der Waals surface area (Å²) in [6.07, 6.45) is 0. The van der Waals surface area contributed by atoms with E-state index in [9.17, 15) is 5.11 Å². The Bertz CT molecular complexity index is 432. The fourth-order valence-electron chi connectivity index (χ4n) is 2.86. The van der Waals surface area contributed by atoms with Crippen LogP contribution in [0.2, 0.25) is 0 Å². The third-order valence-corrected chi connectivity index (χ3v) is 3.75. The molecule has 1 heteroatoms. The molecular weight excluding hydrogens is 208 g/mol. The first-order valence-corrected chi connectivity index (χ1v) is 6.12. The zero-order valence-electron chi connectivity index (χ0n) is 9.66. The van der Waals surface area contributed by atoms with E-state index in [0.29, 0.717) is 17.8 Å². The van der Waals surface area contributed by atoms with Crippen molar-refractivity contribution in [2.45, 2.75) is 11.8 Å². The van der Waals surface area contributed by atoms with Crippen LogP contribution in [-0.2, 0) is 0 Å². The van der Waals surface area contributed by atoms with Gasteiger partial charge in [-0.25, -0.2) is 0 Å². The Hall–Kier alpha value is -1.60. The van der Waals surface area contributed by atoms with Crippen LogP contribution in [0.15, 0.2) is 60.7 Å². The molecule has 1 aliphatic rings. The zero-order chi connectivity index (χ0) is 11.7. The largest absolute Gasteiger partial charge is 0.396 e. The second-order valence-corrected chi connectivity index (χ2v) is 4.72. The van der Waals surface area contributed by atoms with Crippen molar-refractivity contribution in [1.82, 2.24) is 0 Å². The molecule has 1 nitrogen and oxygen atoms in total. The van der Waals surface area contributed by atoms with Crippen molar-refractivity contribution in [3.05, 3.63) is 71.8 Å². The van der Waals surface area contributed by atoms with Gasteiger partial charge in [0.05, 0.1) is 0 Å². The SMILES string of the molecule is OCC1[C@@H](c2ccccc2)[C@@H]1c1ccccc1. The van der Waals surface area contributed by atoms with Crippen molar-refractivity contribution < 1.29 is 5.11 Å². The number of aliphatic hydroxyl groups is 1. The molecule has 0 aliphatic heterocycles. The number of rotatable bonds is 3. The maximum Gasteiger partial charge on any atom is 0.0471 e. The third-order valence-electron chi connectivity index (χ3n) is 3.75. The highest BCUT2D eigenvalue weighted by molar-refractivity contribution is 5.38. The molecule has 0 amide bonds. The number of benzene rings is 2. The Morgan fingerprint density at radius 2 is 1.12 bits per heavy atom. The maximum absolute atomic E-state index is 9.47. The first-order chi connectivity index (χ1) is 8.42. The van der Waals surface area contributed by atoms with E-state index in [1.807, 2.05) is 12.1 Å². The molecule has 0 radical (unpaired) electrons. The van der Waals surface area contributed by atoms with Gasteiger partial charge < -0.3 is 5.11 Å². The fourth-order valence-corrected chi connectivity index (χ4v) is 2.86. The summed E-state index contributed by atoms with van der Waals surface area (Å²) in [6, 6.07) is 21.0. The number of hydrogen-bond donors (Lipinski definition) is 1. The molecule has 86 valence electrons. The fraction of sp³-hybridized carbons (Fsp3) is 0.250. The lowest BCUT2D eigenvalue weighted by Crippen LogP contribution is -1.88. The van der Waals surface area contributed by atoms with Gasteiger partial charge in [-0.05, 0) is 28.9 Å². The molecule has 17 heavy (non-hydrogen) atoms. The van der Waals surface area contributed by atoms with Crippen LogP contribution < -0.4 is 0 Å². The quantitative estimate of drug-likeness (QED) is 0.849. The minimum atomic E-state index is 0.277. The smallest absolute Gasteiger partial charge is 0.0471 e. The summed E-state index contributed by atoms with van der Waals surface area (Å²) in [5.41, 5.74) is 2.70. The first-order valence-electron chi connectivity index (χ1n) is 6.12. The Kier molecular flexibility index (Phi) is 2.69. The molecule has 2 atom stereocenters. The topological polar surface area (TPSA) is 20.2 Å². The van der Waals surface area contributed by atoms with Gasteiger partial charge in [0, 0.05) is 6.61 Å². The Balaban J connectivity index is 1.88. The van der Waals surface area contributed by atoms with Gasteiger partial charge >= 0.3 is 0 Å². The second kappa shape index (κ2) is 4.34. The van der Waals surface area contributed by atoms with E-state index in [-0.39, 0.29) is 6.61 Å². The summed E-state index contributed by atoms with van der Waals surface area (Å²) in [7, 11) is 0. The molecule has 2 aromatic rings. The minimum absolute atomic E-state index is 0.277. The van der Waals surface area contributed by atoms with Crippen molar-refractivity contribution in [3.8, 4) is 0 Å². The second-order valence-electron chi connectivity index (χ2n) is 4.72. The highest BCUT2D eigenvalue weighted by atomic mass is 16.3. The van der Waals surface area contributed by atoms with Gasteiger partial charge in [-0.3, -0.25) is 0 Å². The van der Waals surface area contributed by atoms with E-state index < -0.39 is 0 Å². The first kappa shape index (κ1) is 10.5. The molecule has 0 aromatic heterocycles. The van der Waals surface area contributed by atoms with Gasteiger partial charge in [-0.1, -0.05) is 60.7 Å². The van der Waals surface area contributed by atoms with Crippen molar-refractivity contribution in [2.24, 2.45) is 5.92 Å². The molecule has 2 aromatic carbocycles. The van der Waals surface area contributed by atoms with Gasteiger partial charge in [0.1, 0.15) is 0 Å². The Morgan fingerprint density at radius 3 is 1.47 bits per heavy atom. The van der Waals surface area contributed by atoms with Crippen LogP contribution in [0.1, 0.15) is 23.0 Å². The average molecular weight is 224 g/mol. The van der Waals surface area contributed by atoms with E-state index >= 15 is 0 Å². The average Bonchev–Trinajstić information content (AvgIpc) is 3.15. The van der Waals surface area contributed by atoms with Crippen LogP contribution in [0.4, 0.5) is 0 Å². The molecule has 1 saturated carbocycles. The van der Waals surface area contributed by atoms with Crippen LogP contribution in [-0.4, -0.2) is 11.7 Å². The van der Waals surface area contributed by atoms with Gasteiger partial charge in [-0.15, -0.1) is 0 Å². The van der Waals surface area contributed by atoms with Crippen LogP contribution in [0.3, 0.4) is 0 Å². The molecule has 3 rings (SSSR count). The zero-order valence-corrected chi connectivity index (χ0v) is 9.66. The van der Waals surface area contributed by atoms with Gasteiger partial charge in [0.2, 0.25) is 0 Å². The molecule has 1 fully saturated rings. The van der Waals surface area contributed by atoms with E-state index in [1.54, 1.807) is 0 Å². The van der Waals surface area contributed by atoms with Gasteiger partial charge in [-0.2, -0.15) is 0 Å². The summed E-state index contributed by atoms with van der Waals surface area (Å²) in [6.45, 7) is 0.277. The predicted octanol–water partition coefficient (Wildman–Crippen LogP) is 3.18. The lowest BCUT2D eigenvalue weighted by Gasteiger charge is -2.00. The Morgan fingerprint density at radius 1 is 0.706 bits per heavy atom. The van der Waals surface area contributed by atoms with Crippen molar-refractivity contribution in [3.63, 3.8) is 0 Å². The molecular formula is C16H16O. The van der Waals surface area contributed by atoms with Crippen LogP contribution in [0, 0.1) is 5.92 Å².